The quantitative estimate of drug-likeness (QED) is 0.466. The first kappa shape index (κ1) is 5.16. The van der Waals surface area contributed by atoms with Gasteiger partial charge >= 0.3 is 5.97 Å². The topological polar surface area (TPSA) is 26.3 Å². The number of rotatable bonds is 0. The lowest BCUT2D eigenvalue weighted by atomic mass is 9.58. The van der Waals surface area contributed by atoms with Crippen LogP contribution < -0.4 is 0 Å². The van der Waals surface area contributed by atoms with Crippen LogP contribution >= 0.6 is 0 Å². The molecule has 0 spiro atoms. The third-order valence-corrected chi connectivity index (χ3v) is 3.38. The van der Waals surface area contributed by atoms with E-state index in [2.05, 4.69) is 0 Å². The Morgan fingerprint density at radius 2 is 2.30 bits per heavy atom. The standard InChI is InChI=1S/C8H10O2/c9-8-7-4-1-2-6(10-8)5(7)3-4/h4-7H,1-3H2. The number of hydrogen-bond acceptors (Lipinski definition) is 2. The minimum Gasteiger partial charge on any atom is -0.462 e. The van der Waals surface area contributed by atoms with Gasteiger partial charge in [-0.25, -0.2) is 0 Å². The summed E-state index contributed by atoms with van der Waals surface area (Å²) in [6.07, 6.45) is 3.96. The molecule has 4 bridgehead atoms. The van der Waals surface area contributed by atoms with E-state index < -0.39 is 0 Å². The van der Waals surface area contributed by atoms with Crippen LogP contribution in [0.1, 0.15) is 19.3 Å². The molecule has 1 aliphatic heterocycles. The zero-order valence-corrected chi connectivity index (χ0v) is 5.75. The molecule has 2 nitrogen and oxygen atoms in total. The fraction of sp³-hybridized carbons (Fsp3) is 0.875. The van der Waals surface area contributed by atoms with E-state index in [1.54, 1.807) is 0 Å². The van der Waals surface area contributed by atoms with Crippen LogP contribution in [0.4, 0.5) is 0 Å². The van der Waals surface area contributed by atoms with Gasteiger partial charge in [0.05, 0.1) is 5.92 Å². The molecule has 0 N–H and O–H groups in total. The molecule has 54 valence electrons. The van der Waals surface area contributed by atoms with Crippen LogP contribution in [0.15, 0.2) is 0 Å². The number of fused-ring (bicyclic) bond motifs is 1. The van der Waals surface area contributed by atoms with E-state index in [4.69, 9.17) is 4.74 Å². The summed E-state index contributed by atoms with van der Waals surface area (Å²) in [6, 6.07) is 0. The van der Waals surface area contributed by atoms with E-state index in [0.29, 0.717) is 23.9 Å². The molecule has 0 radical (unpaired) electrons. The molecule has 4 atom stereocenters. The SMILES string of the molecule is O=C1OC2CCC3CC2C13. The smallest absolute Gasteiger partial charge is 0.309 e. The summed E-state index contributed by atoms with van der Waals surface area (Å²) in [5.74, 6) is 1.77. The first-order chi connectivity index (χ1) is 4.86. The van der Waals surface area contributed by atoms with Crippen LogP contribution in [0, 0.1) is 17.8 Å². The third-order valence-electron chi connectivity index (χ3n) is 3.38. The molecule has 0 aromatic heterocycles. The van der Waals surface area contributed by atoms with Gasteiger partial charge in [-0.15, -0.1) is 0 Å². The van der Waals surface area contributed by atoms with E-state index in [1.165, 1.54) is 12.8 Å². The molecule has 0 aromatic carbocycles. The molecule has 4 fully saturated rings. The van der Waals surface area contributed by atoms with E-state index >= 15 is 0 Å². The maximum Gasteiger partial charge on any atom is 0.309 e. The highest BCUT2D eigenvalue weighted by Crippen LogP contribution is 2.56. The van der Waals surface area contributed by atoms with Crippen molar-refractivity contribution >= 4 is 5.97 Å². The highest BCUT2D eigenvalue weighted by Gasteiger charge is 2.59. The van der Waals surface area contributed by atoms with E-state index in [-0.39, 0.29) is 5.97 Å². The minimum absolute atomic E-state index is 0.101. The highest BCUT2D eigenvalue weighted by atomic mass is 16.6. The predicted octanol–water partition coefficient (Wildman–Crippen LogP) is 0.958. The zero-order chi connectivity index (χ0) is 6.72. The molecule has 0 amide bonds. The fourth-order valence-corrected chi connectivity index (χ4v) is 2.81. The van der Waals surface area contributed by atoms with E-state index in [9.17, 15) is 4.79 Å². The molecule has 1 saturated heterocycles. The van der Waals surface area contributed by atoms with Crippen LogP contribution in [-0.2, 0) is 9.53 Å². The number of ether oxygens (including phenoxy) is 1. The summed E-state index contributed by atoms with van der Waals surface area (Å²) in [4.78, 5) is 11.1. The van der Waals surface area contributed by atoms with E-state index in [0.717, 1.165) is 6.42 Å². The summed E-state index contributed by atoms with van der Waals surface area (Å²) < 4.78 is 5.20. The lowest BCUT2D eigenvalue weighted by molar-refractivity contribution is -0.144. The third kappa shape index (κ3) is 0.386. The monoisotopic (exact) mass is 138 g/mol. The van der Waals surface area contributed by atoms with Crippen molar-refractivity contribution in [2.45, 2.75) is 25.4 Å². The fourth-order valence-electron chi connectivity index (χ4n) is 2.81. The van der Waals surface area contributed by atoms with Gasteiger partial charge in [-0.05, 0) is 25.2 Å². The molecule has 1 heterocycles. The van der Waals surface area contributed by atoms with Crippen molar-refractivity contribution in [2.75, 3.05) is 0 Å². The Balaban J connectivity index is 2.02. The van der Waals surface area contributed by atoms with Crippen molar-refractivity contribution in [3.05, 3.63) is 0 Å². The summed E-state index contributed by atoms with van der Waals surface area (Å²) in [5.41, 5.74) is 0. The number of carbonyl (C=O) groups excluding carboxylic acids is 1. The molecule has 3 aliphatic carbocycles. The Hall–Kier alpha value is -0.530. The van der Waals surface area contributed by atoms with Crippen molar-refractivity contribution in [1.29, 1.82) is 0 Å². The van der Waals surface area contributed by atoms with Gasteiger partial charge in [0.1, 0.15) is 6.10 Å². The van der Waals surface area contributed by atoms with Gasteiger partial charge in [-0.3, -0.25) is 4.79 Å². The van der Waals surface area contributed by atoms with Crippen LogP contribution in [0.2, 0.25) is 0 Å². The molecule has 10 heavy (non-hydrogen) atoms. The first-order valence-corrected chi connectivity index (χ1v) is 4.07. The van der Waals surface area contributed by atoms with Crippen molar-refractivity contribution < 1.29 is 9.53 Å². The van der Waals surface area contributed by atoms with Crippen molar-refractivity contribution in [3.8, 4) is 0 Å². The maximum atomic E-state index is 11.1. The molecule has 2 heteroatoms. The summed E-state index contributed by atoms with van der Waals surface area (Å²) in [7, 11) is 0. The summed E-state index contributed by atoms with van der Waals surface area (Å²) >= 11 is 0. The Morgan fingerprint density at radius 1 is 1.40 bits per heavy atom. The molecule has 3 saturated carbocycles. The second kappa shape index (κ2) is 1.39. The van der Waals surface area contributed by atoms with Gasteiger partial charge in [0.25, 0.3) is 0 Å². The second-order valence-corrected chi connectivity index (χ2v) is 3.74. The Morgan fingerprint density at radius 3 is 2.90 bits per heavy atom. The van der Waals surface area contributed by atoms with Gasteiger partial charge in [0, 0.05) is 5.92 Å². The minimum atomic E-state index is 0.101. The van der Waals surface area contributed by atoms with Crippen molar-refractivity contribution in [2.24, 2.45) is 17.8 Å². The molecule has 4 unspecified atom stereocenters. The largest absolute Gasteiger partial charge is 0.462 e. The average molecular weight is 138 g/mol. The summed E-state index contributed by atoms with van der Waals surface area (Å²) in [6.45, 7) is 0. The molecular formula is C8H10O2. The first-order valence-electron chi connectivity index (χ1n) is 4.07. The lowest BCUT2D eigenvalue weighted by Crippen LogP contribution is -2.44. The van der Waals surface area contributed by atoms with Crippen LogP contribution in [-0.4, -0.2) is 12.1 Å². The van der Waals surface area contributed by atoms with Gasteiger partial charge < -0.3 is 4.74 Å². The number of hydrogen-bond donors (Lipinski definition) is 0. The number of esters is 1. The van der Waals surface area contributed by atoms with Crippen LogP contribution in [0.3, 0.4) is 0 Å². The second-order valence-electron chi connectivity index (χ2n) is 3.74. The normalized spacial score (nSPS) is 55.8. The van der Waals surface area contributed by atoms with Gasteiger partial charge in [-0.1, -0.05) is 0 Å². The Labute approximate surface area is 59.6 Å². The molecule has 4 rings (SSSR count). The Bertz CT molecular complexity index is 195. The number of carbonyl (C=O) groups is 1. The summed E-state index contributed by atoms with van der Waals surface area (Å²) in [5, 5.41) is 0. The maximum absolute atomic E-state index is 11.1. The highest BCUT2D eigenvalue weighted by molar-refractivity contribution is 5.77. The zero-order valence-electron chi connectivity index (χ0n) is 5.75. The molecular weight excluding hydrogens is 128 g/mol. The molecule has 0 aromatic rings. The van der Waals surface area contributed by atoms with Gasteiger partial charge in [-0.2, -0.15) is 0 Å². The van der Waals surface area contributed by atoms with Crippen molar-refractivity contribution in [1.82, 2.24) is 0 Å². The predicted molar refractivity (Wildman–Crippen MR) is 34.2 cm³/mol. The van der Waals surface area contributed by atoms with Gasteiger partial charge in [0.15, 0.2) is 0 Å². The lowest BCUT2D eigenvalue weighted by Gasteiger charge is -2.43. The van der Waals surface area contributed by atoms with Gasteiger partial charge in [0.2, 0.25) is 0 Å². The average Bonchev–Trinajstić information content (AvgIpc) is 2.00. The van der Waals surface area contributed by atoms with Crippen LogP contribution in [0.25, 0.3) is 0 Å². The Kier molecular flexibility index (Phi) is 0.715. The van der Waals surface area contributed by atoms with Crippen LogP contribution in [0.5, 0.6) is 0 Å². The van der Waals surface area contributed by atoms with Crippen molar-refractivity contribution in [3.63, 3.8) is 0 Å². The van der Waals surface area contributed by atoms with E-state index in [1.807, 2.05) is 0 Å². The molecule has 4 aliphatic rings.